The van der Waals surface area contributed by atoms with E-state index >= 15 is 0 Å². The van der Waals surface area contributed by atoms with Gasteiger partial charge in [-0.3, -0.25) is 4.79 Å². The molecule has 0 aliphatic heterocycles. The molecule has 1 aliphatic carbocycles. The van der Waals surface area contributed by atoms with E-state index in [9.17, 15) is 13.6 Å². The molecule has 0 unspecified atom stereocenters. The molecule has 0 saturated heterocycles. The van der Waals surface area contributed by atoms with Crippen molar-refractivity contribution in [3.63, 3.8) is 0 Å². The van der Waals surface area contributed by atoms with Gasteiger partial charge >= 0.3 is 0 Å². The molecule has 6 heteroatoms. The summed E-state index contributed by atoms with van der Waals surface area (Å²) in [6.45, 7) is 0. The van der Waals surface area contributed by atoms with Gasteiger partial charge in [0.15, 0.2) is 0 Å². The molecular formula is C14H12F2N2O2. The molecule has 0 spiro atoms. The van der Waals surface area contributed by atoms with Crippen LogP contribution in [-0.4, -0.2) is 15.9 Å². The van der Waals surface area contributed by atoms with Gasteiger partial charge < -0.3 is 4.52 Å². The highest BCUT2D eigenvalue weighted by atomic mass is 19.1. The van der Waals surface area contributed by atoms with Crippen molar-refractivity contribution in [3.05, 3.63) is 35.7 Å². The lowest BCUT2D eigenvalue weighted by atomic mass is 9.88. The summed E-state index contributed by atoms with van der Waals surface area (Å²) in [6, 6.07) is 3.10. The van der Waals surface area contributed by atoms with Crippen molar-refractivity contribution in [2.75, 3.05) is 0 Å². The lowest BCUT2D eigenvalue weighted by molar-refractivity contribution is -0.120. The molecule has 1 heterocycles. The van der Waals surface area contributed by atoms with Gasteiger partial charge in [0.25, 0.3) is 0 Å². The maximum atomic E-state index is 13.2. The highest BCUT2D eigenvalue weighted by molar-refractivity contribution is 5.79. The van der Waals surface area contributed by atoms with Gasteiger partial charge in [0.1, 0.15) is 17.4 Å². The highest BCUT2D eigenvalue weighted by Crippen LogP contribution is 2.31. The van der Waals surface area contributed by atoms with E-state index < -0.39 is 11.6 Å². The minimum Gasteiger partial charge on any atom is -0.339 e. The number of hydrogen-bond acceptors (Lipinski definition) is 4. The third-order valence-electron chi connectivity index (χ3n) is 3.46. The smallest absolute Gasteiger partial charge is 0.230 e. The fraction of sp³-hybridized carbons (Fsp3) is 0.357. The van der Waals surface area contributed by atoms with Crippen LogP contribution in [0.5, 0.6) is 0 Å². The molecule has 1 aromatic heterocycles. The number of carbonyl (C=O) groups is 1. The summed E-state index contributed by atoms with van der Waals surface area (Å²) in [5.41, 5.74) is 0.240. The first-order valence-electron chi connectivity index (χ1n) is 6.43. The van der Waals surface area contributed by atoms with Gasteiger partial charge in [-0.05, 0) is 25.0 Å². The number of carbonyl (C=O) groups excluding carboxylic acids is 1. The van der Waals surface area contributed by atoms with Gasteiger partial charge in [-0.15, -0.1) is 0 Å². The van der Waals surface area contributed by atoms with Crippen LogP contribution < -0.4 is 0 Å². The maximum Gasteiger partial charge on any atom is 0.230 e. The van der Waals surface area contributed by atoms with Gasteiger partial charge in [-0.2, -0.15) is 4.98 Å². The molecule has 0 N–H and O–H groups in total. The van der Waals surface area contributed by atoms with Crippen LogP contribution in [0.2, 0.25) is 0 Å². The van der Waals surface area contributed by atoms with Gasteiger partial charge in [-0.1, -0.05) is 5.16 Å². The zero-order valence-corrected chi connectivity index (χ0v) is 10.6. The second-order valence-corrected chi connectivity index (χ2v) is 4.93. The molecule has 0 atom stereocenters. The quantitative estimate of drug-likeness (QED) is 0.846. The SMILES string of the molecule is O=C1CCC(c2nc(-c3cc(F)cc(F)c3)no2)CC1. The number of ketones is 1. The largest absolute Gasteiger partial charge is 0.339 e. The number of rotatable bonds is 2. The number of aromatic nitrogens is 2. The first-order chi connectivity index (χ1) is 9.61. The zero-order chi connectivity index (χ0) is 14.1. The normalized spacial score (nSPS) is 16.6. The Balaban J connectivity index is 1.84. The standard InChI is InChI=1S/C14H12F2N2O2/c15-10-5-9(6-11(16)7-10)13-17-14(20-18-13)8-1-3-12(19)4-2-8/h5-8H,1-4H2. The third-order valence-corrected chi connectivity index (χ3v) is 3.46. The molecule has 104 valence electrons. The lowest BCUT2D eigenvalue weighted by Crippen LogP contribution is -2.12. The molecule has 20 heavy (non-hydrogen) atoms. The van der Waals surface area contributed by atoms with Gasteiger partial charge in [0, 0.05) is 30.4 Å². The molecule has 1 fully saturated rings. The van der Waals surface area contributed by atoms with E-state index in [-0.39, 0.29) is 23.1 Å². The van der Waals surface area contributed by atoms with E-state index in [2.05, 4.69) is 10.1 Å². The molecule has 1 aliphatic rings. The van der Waals surface area contributed by atoms with E-state index in [1.54, 1.807) is 0 Å². The Kier molecular flexibility index (Phi) is 3.30. The van der Waals surface area contributed by atoms with Crippen LogP contribution >= 0.6 is 0 Å². The molecule has 1 saturated carbocycles. The van der Waals surface area contributed by atoms with Crippen LogP contribution in [0.15, 0.2) is 22.7 Å². The number of hydrogen-bond donors (Lipinski definition) is 0. The average Bonchev–Trinajstić information content (AvgIpc) is 2.88. The summed E-state index contributed by atoms with van der Waals surface area (Å²) >= 11 is 0. The van der Waals surface area contributed by atoms with Crippen LogP contribution in [0.1, 0.15) is 37.5 Å². The maximum absolute atomic E-state index is 13.2. The second kappa shape index (κ2) is 5.11. The third kappa shape index (κ3) is 2.59. The van der Waals surface area contributed by atoms with Crippen LogP contribution in [0.4, 0.5) is 8.78 Å². The fourth-order valence-electron chi connectivity index (χ4n) is 2.39. The molecule has 4 nitrogen and oxygen atoms in total. The first-order valence-corrected chi connectivity index (χ1v) is 6.43. The summed E-state index contributed by atoms with van der Waals surface area (Å²) in [6.07, 6.45) is 2.38. The second-order valence-electron chi connectivity index (χ2n) is 4.93. The van der Waals surface area contributed by atoms with Crippen molar-refractivity contribution < 1.29 is 18.1 Å². The molecule has 1 aromatic carbocycles. The van der Waals surface area contributed by atoms with Gasteiger partial charge in [0.2, 0.25) is 11.7 Å². The Morgan fingerprint density at radius 1 is 1.10 bits per heavy atom. The van der Waals surface area contributed by atoms with Crippen molar-refractivity contribution in [1.82, 2.24) is 10.1 Å². The summed E-state index contributed by atoms with van der Waals surface area (Å²) in [5, 5.41) is 3.76. The minimum atomic E-state index is -0.686. The monoisotopic (exact) mass is 278 g/mol. The summed E-state index contributed by atoms with van der Waals surface area (Å²) < 4.78 is 31.5. The topological polar surface area (TPSA) is 56.0 Å². The lowest BCUT2D eigenvalue weighted by Gasteiger charge is -2.16. The van der Waals surface area contributed by atoms with Crippen molar-refractivity contribution in [3.8, 4) is 11.4 Å². The first kappa shape index (κ1) is 12.9. The Labute approximate surface area is 113 Å². The van der Waals surface area contributed by atoms with Gasteiger partial charge in [-0.25, -0.2) is 8.78 Å². The molecule has 3 rings (SSSR count). The van der Waals surface area contributed by atoms with Crippen molar-refractivity contribution in [2.45, 2.75) is 31.6 Å². The molecule has 0 radical (unpaired) electrons. The van der Waals surface area contributed by atoms with E-state index in [1.807, 2.05) is 0 Å². The molecule has 0 bridgehead atoms. The number of nitrogens with zero attached hydrogens (tertiary/aromatic N) is 2. The Hall–Kier alpha value is -2.11. The van der Waals surface area contributed by atoms with Crippen LogP contribution in [0, 0.1) is 11.6 Å². The number of halogens is 2. The number of benzene rings is 1. The van der Waals surface area contributed by atoms with E-state index in [0.29, 0.717) is 31.6 Å². The Bertz CT molecular complexity index is 624. The van der Waals surface area contributed by atoms with E-state index in [4.69, 9.17) is 4.52 Å². The summed E-state index contributed by atoms with van der Waals surface area (Å²) in [5.74, 6) is -0.489. The van der Waals surface area contributed by atoms with Crippen LogP contribution in [0.25, 0.3) is 11.4 Å². The summed E-state index contributed by atoms with van der Waals surface area (Å²) in [7, 11) is 0. The average molecular weight is 278 g/mol. The van der Waals surface area contributed by atoms with E-state index in [1.165, 1.54) is 0 Å². The number of Topliss-reactive ketones (excluding diaryl/α,β-unsaturated/α-hetero) is 1. The molecule has 0 amide bonds. The van der Waals surface area contributed by atoms with E-state index in [0.717, 1.165) is 18.2 Å². The molecule has 2 aromatic rings. The Morgan fingerprint density at radius 3 is 2.40 bits per heavy atom. The van der Waals surface area contributed by atoms with Crippen LogP contribution in [-0.2, 0) is 4.79 Å². The van der Waals surface area contributed by atoms with Crippen LogP contribution in [0.3, 0.4) is 0 Å². The van der Waals surface area contributed by atoms with Crippen molar-refractivity contribution >= 4 is 5.78 Å². The van der Waals surface area contributed by atoms with Crippen molar-refractivity contribution in [2.24, 2.45) is 0 Å². The molecular weight excluding hydrogens is 266 g/mol. The minimum absolute atomic E-state index is 0.0485. The van der Waals surface area contributed by atoms with Gasteiger partial charge in [0.05, 0.1) is 0 Å². The predicted molar refractivity (Wildman–Crippen MR) is 65.9 cm³/mol. The summed E-state index contributed by atoms with van der Waals surface area (Å²) in [4.78, 5) is 15.4. The fourth-order valence-corrected chi connectivity index (χ4v) is 2.39. The predicted octanol–water partition coefficient (Wildman–Crippen LogP) is 3.24. The Morgan fingerprint density at radius 2 is 1.75 bits per heavy atom. The van der Waals surface area contributed by atoms with Crippen molar-refractivity contribution in [1.29, 1.82) is 0 Å². The zero-order valence-electron chi connectivity index (χ0n) is 10.6. The highest BCUT2D eigenvalue weighted by Gasteiger charge is 2.25.